The molecule has 1 amide bonds. The topological polar surface area (TPSA) is 75.4 Å². The van der Waals surface area contributed by atoms with E-state index in [0.29, 0.717) is 59.7 Å². The minimum absolute atomic E-state index is 0.0997. The molecule has 27 heavy (non-hydrogen) atoms. The molecule has 0 saturated carbocycles. The number of halogens is 1. The minimum Gasteiger partial charge on any atom is -0.360 e. The Hall–Kier alpha value is -2.93. The summed E-state index contributed by atoms with van der Waals surface area (Å²) in [4.78, 5) is 25.6. The highest BCUT2D eigenvalue weighted by atomic mass is 35.5. The first-order chi connectivity index (χ1) is 13.1. The first-order valence-electron chi connectivity index (χ1n) is 8.67. The number of benzene rings is 1. The molecular formula is C19H18ClN5O2. The molecule has 138 valence electrons. The van der Waals surface area contributed by atoms with Crippen molar-refractivity contribution >= 4 is 23.5 Å². The van der Waals surface area contributed by atoms with Crippen molar-refractivity contribution < 1.29 is 9.32 Å². The number of rotatable bonds is 3. The first kappa shape index (κ1) is 17.5. The molecule has 3 heterocycles. The quantitative estimate of drug-likeness (QED) is 0.692. The summed E-state index contributed by atoms with van der Waals surface area (Å²) in [5.41, 5.74) is 1.64. The molecule has 8 heteroatoms. The van der Waals surface area contributed by atoms with Gasteiger partial charge >= 0.3 is 0 Å². The van der Waals surface area contributed by atoms with Gasteiger partial charge in [-0.15, -0.1) is 0 Å². The van der Waals surface area contributed by atoms with E-state index in [-0.39, 0.29) is 5.91 Å². The lowest BCUT2D eigenvalue weighted by Gasteiger charge is -2.34. The Morgan fingerprint density at radius 3 is 2.48 bits per heavy atom. The number of piperazine rings is 1. The molecule has 1 saturated heterocycles. The van der Waals surface area contributed by atoms with Gasteiger partial charge in [0, 0.05) is 44.1 Å². The van der Waals surface area contributed by atoms with Gasteiger partial charge in [0.2, 0.25) is 5.95 Å². The van der Waals surface area contributed by atoms with Gasteiger partial charge in [-0.1, -0.05) is 35.0 Å². The third-order valence-corrected chi connectivity index (χ3v) is 4.94. The van der Waals surface area contributed by atoms with Gasteiger partial charge < -0.3 is 14.3 Å². The van der Waals surface area contributed by atoms with Crippen LogP contribution in [-0.2, 0) is 0 Å². The summed E-state index contributed by atoms with van der Waals surface area (Å²) in [5.74, 6) is 1.07. The molecule has 1 aromatic carbocycles. The summed E-state index contributed by atoms with van der Waals surface area (Å²) in [6, 6.07) is 9.09. The van der Waals surface area contributed by atoms with Gasteiger partial charge in [-0.3, -0.25) is 4.79 Å². The van der Waals surface area contributed by atoms with E-state index < -0.39 is 0 Å². The van der Waals surface area contributed by atoms with Crippen molar-refractivity contribution in [2.75, 3.05) is 31.1 Å². The van der Waals surface area contributed by atoms with Gasteiger partial charge in [0.15, 0.2) is 0 Å². The summed E-state index contributed by atoms with van der Waals surface area (Å²) in [5, 5.41) is 4.62. The maximum absolute atomic E-state index is 13.2. The molecule has 7 nitrogen and oxygen atoms in total. The van der Waals surface area contributed by atoms with Crippen molar-refractivity contribution in [2.45, 2.75) is 6.92 Å². The Kier molecular flexibility index (Phi) is 4.77. The van der Waals surface area contributed by atoms with Crippen LogP contribution in [0.1, 0.15) is 16.1 Å². The molecule has 0 unspecified atom stereocenters. The highest BCUT2D eigenvalue weighted by molar-refractivity contribution is 6.33. The molecule has 4 rings (SSSR count). The summed E-state index contributed by atoms with van der Waals surface area (Å²) < 4.78 is 5.32. The second-order valence-corrected chi connectivity index (χ2v) is 6.68. The monoisotopic (exact) mass is 383 g/mol. The van der Waals surface area contributed by atoms with Crippen molar-refractivity contribution in [1.29, 1.82) is 0 Å². The second-order valence-electron chi connectivity index (χ2n) is 6.27. The number of hydrogen-bond donors (Lipinski definition) is 0. The van der Waals surface area contributed by atoms with Crippen LogP contribution >= 0.6 is 11.6 Å². The van der Waals surface area contributed by atoms with Crippen LogP contribution in [0, 0.1) is 6.92 Å². The standard InChI is InChI=1S/C19H18ClN5O2/c1-13-16(17(23-27-13)14-5-2-3-6-15(14)20)18(26)24-9-11-25(12-10-24)19-21-7-4-8-22-19/h2-8H,9-12H2,1H3. The van der Waals surface area contributed by atoms with Crippen LogP contribution in [0.2, 0.25) is 5.02 Å². The van der Waals surface area contributed by atoms with E-state index in [9.17, 15) is 4.79 Å². The summed E-state index contributed by atoms with van der Waals surface area (Å²) >= 11 is 6.29. The fourth-order valence-corrected chi connectivity index (χ4v) is 3.41. The number of aryl methyl sites for hydroxylation is 1. The van der Waals surface area contributed by atoms with Crippen LogP contribution in [0.4, 0.5) is 5.95 Å². The zero-order chi connectivity index (χ0) is 18.8. The molecule has 1 fully saturated rings. The Labute approximate surface area is 161 Å². The number of carbonyl (C=O) groups excluding carboxylic acids is 1. The van der Waals surface area contributed by atoms with Crippen molar-refractivity contribution in [3.05, 3.63) is 59.1 Å². The van der Waals surface area contributed by atoms with E-state index in [1.165, 1.54) is 0 Å². The Morgan fingerprint density at radius 2 is 1.78 bits per heavy atom. The molecule has 0 spiro atoms. The maximum atomic E-state index is 13.2. The summed E-state index contributed by atoms with van der Waals surface area (Å²) in [6.45, 7) is 4.23. The Bertz CT molecular complexity index is 952. The predicted molar refractivity (Wildman–Crippen MR) is 102 cm³/mol. The van der Waals surface area contributed by atoms with Crippen LogP contribution in [0.25, 0.3) is 11.3 Å². The van der Waals surface area contributed by atoms with E-state index in [1.807, 2.05) is 18.2 Å². The molecule has 0 aliphatic carbocycles. The zero-order valence-electron chi connectivity index (χ0n) is 14.8. The van der Waals surface area contributed by atoms with Crippen LogP contribution in [0.3, 0.4) is 0 Å². The van der Waals surface area contributed by atoms with E-state index >= 15 is 0 Å². The van der Waals surface area contributed by atoms with Crippen LogP contribution in [-0.4, -0.2) is 52.1 Å². The van der Waals surface area contributed by atoms with E-state index in [0.717, 1.165) is 0 Å². The molecular weight excluding hydrogens is 366 g/mol. The third kappa shape index (κ3) is 3.38. The maximum Gasteiger partial charge on any atom is 0.259 e. The Balaban J connectivity index is 1.55. The summed E-state index contributed by atoms with van der Waals surface area (Å²) in [7, 11) is 0. The van der Waals surface area contributed by atoms with Crippen molar-refractivity contribution in [2.24, 2.45) is 0 Å². The van der Waals surface area contributed by atoms with E-state index in [2.05, 4.69) is 20.0 Å². The third-order valence-electron chi connectivity index (χ3n) is 4.61. The molecule has 0 bridgehead atoms. The van der Waals surface area contributed by atoms with Gasteiger partial charge in [0.05, 0.1) is 5.02 Å². The number of hydrogen-bond acceptors (Lipinski definition) is 6. The van der Waals surface area contributed by atoms with Crippen LogP contribution in [0.15, 0.2) is 47.2 Å². The van der Waals surface area contributed by atoms with Gasteiger partial charge in [0.25, 0.3) is 5.91 Å². The van der Waals surface area contributed by atoms with Crippen molar-refractivity contribution in [3.8, 4) is 11.3 Å². The molecule has 0 atom stereocenters. The second kappa shape index (κ2) is 7.36. The predicted octanol–water partition coefficient (Wildman–Crippen LogP) is 3.06. The molecule has 0 N–H and O–H groups in total. The molecule has 1 aliphatic heterocycles. The average molecular weight is 384 g/mol. The normalized spacial score (nSPS) is 14.4. The smallest absolute Gasteiger partial charge is 0.259 e. The Morgan fingerprint density at radius 1 is 1.07 bits per heavy atom. The fraction of sp³-hybridized carbons (Fsp3) is 0.263. The number of anilines is 1. The highest BCUT2D eigenvalue weighted by Crippen LogP contribution is 2.32. The largest absolute Gasteiger partial charge is 0.360 e. The van der Waals surface area contributed by atoms with Gasteiger partial charge in [0.1, 0.15) is 17.0 Å². The first-order valence-corrected chi connectivity index (χ1v) is 9.05. The van der Waals surface area contributed by atoms with Gasteiger partial charge in [-0.25, -0.2) is 9.97 Å². The van der Waals surface area contributed by atoms with Gasteiger partial charge in [-0.05, 0) is 19.1 Å². The lowest BCUT2D eigenvalue weighted by molar-refractivity contribution is 0.0745. The van der Waals surface area contributed by atoms with Crippen molar-refractivity contribution in [1.82, 2.24) is 20.0 Å². The fourth-order valence-electron chi connectivity index (χ4n) is 3.18. The molecule has 2 aromatic heterocycles. The molecule has 1 aliphatic rings. The lowest BCUT2D eigenvalue weighted by Crippen LogP contribution is -2.49. The number of carbonyl (C=O) groups is 1. The number of amides is 1. The average Bonchev–Trinajstić information content (AvgIpc) is 3.10. The SMILES string of the molecule is Cc1onc(-c2ccccc2Cl)c1C(=O)N1CCN(c2ncccn2)CC1. The lowest BCUT2D eigenvalue weighted by atomic mass is 10.0. The number of nitrogens with zero attached hydrogens (tertiary/aromatic N) is 5. The van der Waals surface area contributed by atoms with E-state index in [4.69, 9.17) is 16.1 Å². The molecule has 0 radical (unpaired) electrons. The molecule has 3 aromatic rings. The summed E-state index contributed by atoms with van der Waals surface area (Å²) in [6.07, 6.45) is 3.44. The zero-order valence-corrected chi connectivity index (χ0v) is 15.6. The van der Waals surface area contributed by atoms with Crippen molar-refractivity contribution in [3.63, 3.8) is 0 Å². The van der Waals surface area contributed by atoms with E-state index in [1.54, 1.807) is 36.4 Å². The van der Waals surface area contributed by atoms with Gasteiger partial charge in [-0.2, -0.15) is 0 Å². The highest BCUT2D eigenvalue weighted by Gasteiger charge is 2.29. The minimum atomic E-state index is -0.0997. The van der Waals surface area contributed by atoms with Crippen LogP contribution in [0.5, 0.6) is 0 Å². The van der Waals surface area contributed by atoms with Crippen LogP contribution < -0.4 is 4.90 Å². The number of aromatic nitrogens is 3.